The van der Waals surface area contributed by atoms with Crippen molar-refractivity contribution in [3.63, 3.8) is 0 Å². The molecule has 0 heterocycles. The molecule has 2 nitrogen and oxygen atoms in total. The SMILES string of the molecule is Cc1ccc(/C(O)=C/C(=O)C(F)(F)CBr)cc1. The van der Waals surface area contributed by atoms with Gasteiger partial charge in [-0.05, 0) is 6.92 Å². The molecule has 0 saturated heterocycles. The fourth-order valence-corrected chi connectivity index (χ4v) is 1.38. The number of hydrogen-bond acceptors (Lipinski definition) is 2. The smallest absolute Gasteiger partial charge is 0.318 e. The van der Waals surface area contributed by atoms with E-state index in [1.165, 1.54) is 0 Å². The molecule has 0 bridgehead atoms. The summed E-state index contributed by atoms with van der Waals surface area (Å²) < 4.78 is 25.9. The fraction of sp³-hybridized carbons (Fsp3) is 0.250. The van der Waals surface area contributed by atoms with Crippen molar-refractivity contribution in [3.05, 3.63) is 41.5 Å². The molecule has 0 aromatic heterocycles. The lowest BCUT2D eigenvalue weighted by molar-refractivity contribution is -0.134. The maximum absolute atomic E-state index is 12.9. The van der Waals surface area contributed by atoms with E-state index in [4.69, 9.17) is 0 Å². The fourth-order valence-electron chi connectivity index (χ4n) is 1.10. The van der Waals surface area contributed by atoms with Gasteiger partial charge in [-0.3, -0.25) is 4.79 Å². The minimum atomic E-state index is -3.50. The molecule has 0 aliphatic carbocycles. The molecule has 1 aromatic rings. The second-order valence-corrected chi connectivity index (χ2v) is 4.16. The zero-order valence-corrected chi connectivity index (χ0v) is 10.7. The monoisotopic (exact) mass is 304 g/mol. The molecule has 0 aliphatic heterocycles. The van der Waals surface area contributed by atoms with E-state index in [2.05, 4.69) is 15.9 Å². The van der Waals surface area contributed by atoms with Gasteiger partial charge >= 0.3 is 5.92 Å². The topological polar surface area (TPSA) is 37.3 Å². The number of aryl methyl sites for hydroxylation is 1. The molecule has 0 amide bonds. The van der Waals surface area contributed by atoms with E-state index in [1.54, 1.807) is 24.3 Å². The van der Waals surface area contributed by atoms with Gasteiger partial charge < -0.3 is 5.11 Å². The molecule has 5 heteroatoms. The lowest BCUT2D eigenvalue weighted by Crippen LogP contribution is -2.28. The minimum absolute atomic E-state index is 0.328. The summed E-state index contributed by atoms with van der Waals surface area (Å²) in [5.74, 6) is -5.39. The quantitative estimate of drug-likeness (QED) is 0.525. The summed E-state index contributed by atoms with van der Waals surface area (Å²) in [7, 11) is 0. The van der Waals surface area contributed by atoms with Crippen LogP contribution in [0.3, 0.4) is 0 Å². The van der Waals surface area contributed by atoms with Crippen LogP contribution >= 0.6 is 15.9 Å². The summed E-state index contributed by atoms with van der Waals surface area (Å²) in [4.78, 5) is 11.1. The highest BCUT2D eigenvalue weighted by Gasteiger charge is 2.35. The molecule has 92 valence electrons. The standard InChI is InChI=1S/C12H11BrF2O2/c1-8-2-4-9(5-3-8)10(16)6-11(17)12(14,15)7-13/h2-6,16H,7H2,1H3/b10-6-. The predicted molar refractivity (Wildman–Crippen MR) is 65.5 cm³/mol. The first-order valence-electron chi connectivity index (χ1n) is 4.83. The third-order valence-electron chi connectivity index (χ3n) is 2.14. The van der Waals surface area contributed by atoms with Gasteiger partial charge in [0.1, 0.15) is 5.76 Å². The average molecular weight is 305 g/mol. The predicted octanol–water partition coefficient (Wildman–Crippen LogP) is 3.49. The number of carbonyl (C=O) groups excluding carboxylic acids is 1. The molecule has 0 aliphatic rings. The molecule has 0 radical (unpaired) electrons. The zero-order chi connectivity index (χ0) is 13.1. The maximum atomic E-state index is 12.9. The number of carbonyl (C=O) groups is 1. The number of allylic oxidation sites excluding steroid dienone is 1. The van der Waals surface area contributed by atoms with Gasteiger partial charge in [0.25, 0.3) is 0 Å². The van der Waals surface area contributed by atoms with Crippen LogP contribution < -0.4 is 0 Å². The molecule has 0 atom stereocenters. The molecule has 1 rings (SSSR count). The van der Waals surface area contributed by atoms with Crippen molar-refractivity contribution in [1.82, 2.24) is 0 Å². The van der Waals surface area contributed by atoms with Gasteiger partial charge in [-0.15, -0.1) is 0 Å². The molecule has 0 unspecified atom stereocenters. The number of benzene rings is 1. The first-order valence-corrected chi connectivity index (χ1v) is 5.95. The lowest BCUT2D eigenvalue weighted by atomic mass is 10.1. The summed E-state index contributed by atoms with van der Waals surface area (Å²) >= 11 is 2.55. The van der Waals surface area contributed by atoms with Crippen LogP contribution in [0.1, 0.15) is 11.1 Å². The number of alkyl halides is 3. The summed E-state index contributed by atoms with van der Waals surface area (Å²) in [5, 5.41) is 8.76. The second kappa shape index (κ2) is 5.40. The lowest BCUT2D eigenvalue weighted by Gasteiger charge is -2.09. The van der Waals surface area contributed by atoms with E-state index < -0.39 is 22.8 Å². The van der Waals surface area contributed by atoms with E-state index in [0.717, 1.165) is 5.56 Å². The second-order valence-electron chi connectivity index (χ2n) is 3.60. The molecule has 0 fully saturated rings. The van der Waals surface area contributed by atoms with Crippen LogP contribution in [0.25, 0.3) is 5.76 Å². The normalized spacial score (nSPS) is 12.6. The molecule has 0 spiro atoms. The zero-order valence-electron chi connectivity index (χ0n) is 9.08. The van der Waals surface area contributed by atoms with Gasteiger partial charge in [-0.1, -0.05) is 45.8 Å². The molecule has 1 aromatic carbocycles. The van der Waals surface area contributed by atoms with E-state index in [1.807, 2.05) is 6.92 Å². The Morgan fingerprint density at radius 1 is 1.41 bits per heavy atom. The van der Waals surface area contributed by atoms with Gasteiger partial charge in [0.2, 0.25) is 5.78 Å². The summed E-state index contributed by atoms with van der Waals surface area (Å²) in [6, 6.07) is 6.54. The highest BCUT2D eigenvalue weighted by molar-refractivity contribution is 9.09. The summed E-state index contributed by atoms with van der Waals surface area (Å²) in [6.07, 6.45) is 0.548. The van der Waals surface area contributed by atoms with Crippen LogP contribution in [-0.2, 0) is 4.79 Å². The van der Waals surface area contributed by atoms with Crippen molar-refractivity contribution in [1.29, 1.82) is 0 Å². The third kappa shape index (κ3) is 3.63. The highest BCUT2D eigenvalue weighted by Crippen LogP contribution is 2.21. The highest BCUT2D eigenvalue weighted by atomic mass is 79.9. The maximum Gasteiger partial charge on any atom is 0.318 e. The molecule has 0 saturated carbocycles. The van der Waals surface area contributed by atoms with Crippen LogP contribution in [0, 0.1) is 6.92 Å². The molecular weight excluding hydrogens is 294 g/mol. The Hall–Kier alpha value is -1.23. The number of halogens is 3. The van der Waals surface area contributed by atoms with Crippen LogP contribution in [0.5, 0.6) is 0 Å². The van der Waals surface area contributed by atoms with Crippen molar-refractivity contribution in [2.24, 2.45) is 0 Å². The van der Waals surface area contributed by atoms with Crippen molar-refractivity contribution in [2.45, 2.75) is 12.8 Å². The van der Waals surface area contributed by atoms with Crippen molar-refractivity contribution in [3.8, 4) is 0 Å². The molecular formula is C12H11BrF2O2. The van der Waals surface area contributed by atoms with Gasteiger partial charge in [0.15, 0.2) is 0 Å². The summed E-state index contributed by atoms with van der Waals surface area (Å²) in [6.45, 7) is 1.86. The number of aliphatic hydroxyl groups is 1. The van der Waals surface area contributed by atoms with E-state index >= 15 is 0 Å². The summed E-state index contributed by atoms with van der Waals surface area (Å²) in [5.41, 5.74) is 1.30. The van der Waals surface area contributed by atoms with Gasteiger partial charge in [-0.25, -0.2) is 0 Å². The van der Waals surface area contributed by atoms with Crippen LogP contribution in [0.15, 0.2) is 30.3 Å². The Bertz CT molecular complexity index is 438. The van der Waals surface area contributed by atoms with Crippen molar-refractivity contribution < 1.29 is 18.7 Å². The Labute approximate surface area is 106 Å². The van der Waals surface area contributed by atoms with Crippen LogP contribution in [-0.4, -0.2) is 22.1 Å². The number of aliphatic hydroxyl groups excluding tert-OH is 1. The number of ketones is 1. The Morgan fingerprint density at radius 3 is 2.41 bits per heavy atom. The molecule has 1 N–H and O–H groups in total. The van der Waals surface area contributed by atoms with E-state index in [0.29, 0.717) is 11.6 Å². The van der Waals surface area contributed by atoms with Gasteiger partial charge in [0.05, 0.1) is 5.33 Å². The number of hydrogen-bond donors (Lipinski definition) is 1. The Morgan fingerprint density at radius 2 is 1.94 bits per heavy atom. The van der Waals surface area contributed by atoms with Gasteiger partial charge in [0, 0.05) is 11.6 Å². The van der Waals surface area contributed by atoms with E-state index in [-0.39, 0.29) is 0 Å². The van der Waals surface area contributed by atoms with Gasteiger partial charge in [-0.2, -0.15) is 8.78 Å². The van der Waals surface area contributed by atoms with Crippen LogP contribution in [0.2, 0.25) is 0 Å². The number of rotatable bonds is 4. The third-order valence-corrected chi connectivity index (χ3v) is 2.85. The first kappa shape index (κ1) is 13.8. The molecule has 17 heavy (non-hydrogen) atoms. The Balaban J connectivity index is 2.93. The minimum Gasteiger partial charge on any atom is -0.507 e. The largest absolute Gasteiger partial charge is 0.507 e. The van der Waals surface area contributed by atoms with E-state index in [9.17, 15) is 18.7 Å². The van der Waals surface area contributed by atoms with Crippen molar-refractivity contribution in [2.75, 3.05) is 5.33 Å². The average Bonchev–Trinajstić information content (AvgIpc) is 2.29. The Kier molecular flexibility index (Phi) is 4.40. The van der Waals surface area contributed by atoms with Crippen LogP contribution in [0.4, 0.5) is 8.78 Å². The van der Waals surface area contributed by atoms with Crippen molar-refractivity contribution >= 4 is 27.5 Å². The first-order chi connectivity index (χ1) is 7.86.